The van der Waals surface area contributed by atoms with E-state index in [0.717, 1.165) is 24.2 Å². The number of anilines is 1. The van der Waals surface area contributed by atoms with E-state index >= 15 is 0 Å². The van der Waals surface area contributed by atoms with Crippen LogP contribution in [-0.2, 0) is 24.2 Å². The molecule has 102 valence electrons. The highest BCUT2D eigenvalue weighted by Gasteiger charge is 2.17. The van der Waals surface area contributed by atoms with Crippen LogP contribution in [-0.4, -0.2) is 13.0 Å². The largest absolute Gasteiger partial charge is 0.326 e. The van der Waals surface area contributed by atoms with Crippen LogP contribution in [0.1, 0.15) is 22.3 Å². The molecule has 20 heavy (non-hydrogen) atoms. The number of hydrogen-bond acceptors (Lipinski definition) is 2. The molecule has 3 rings (SSSR count). The summed E-state index contributed by atoms with van der Waals surface area (Å²) in [5, 5.41) is 6.01. The third-order valence-corrected chi connectivity index (χ3v) is 3.61. The van der Waals surface area contributed by atoms with Crippen molar-refractivity contribution in [1.29, 1.82) is 0 Å². The first-order valence-electron chi connectivity index (χ1n) is 6.88. The van der Waals surface area contributed by atoms with E-state index in [-0.39, 0.29) is 5.91 Å². The van der Waals surface area contributed by atoms with E-state index in [9.17, 15) is 4.79 Å². The number of carbonyl (C=O) groups is 1. The Morgan fingerprint density at radius 2 is 1.75 bits per heavy atom. The zero-order valence-corrected chi connectivity index (χ0v) is 11.6. The summed E-state index contributed by atoms with van der Waals surface area (Å²) in [6.45, 7) is 0.896. The molecule has 0 spiro atoms. The zero-order valence-electron chi connectivity index (χ0n) is 11.6. The van der Waals surface area contributed by atoms with Gasteiger partial charge in [0.05, 0.1) is 6.42 Å². The van der Waals surface area contributed by atoms with Crippen molar-refractivity contribution in [2.24, 2.45) is 0 Å². The second-order valence-electron chi connectivity index (χ2n) is 5.24. The number of fused-ring (bicyclic) bond motifs is 1. The van der Waals surface area contributed by atoms with Gasteiger partial charge in [0.1, 0.15) is 0 Å². The fourth-order valence-electron chi connectivity index (χ4n) is 2.61. The molecule has 0 radical (unpaired) electrons. The summed E-state index contributed by atoms with van der Waals surface area (Å²) < 4.78 is 0. The Morgan fingerprint density at radius 1 is 1.05 bits per heavy atom. The number of amides is 1. The Kier molecular flexibility index (Phi) is 3.52. The van der Waals surface area contributed by atoms with Crippen molar-refractivity contribution in [2.75, 3.05) is 12.4 Å². The third-order valence-electron chi connectivity index (χ3n) is 3.61. The molecule has 0 saturated heterocycles. The second kappa shape index (κ2) is 5.47. The fourth-order valence-corrected chi connectivity index (χ4v) is 2.61. The average molecular weight is 266 g/mol. The van der Waals surface area contributed by atoms with E-state index in [1.165, 1.54) is 16.7 Å². The predicted octanol–water partition coefficient (Wildman–Crippen LogP) is 2.49. The monoisotopic (exact) mass is 266 g/mol. The SMILES string of the molecule is CNCc1ccc(Cc2ccc3c(c2)CC(=O)N3)cc1. The number of hydrogen-bond donors (Lipinski definition) is 2. The Hall–Kier alpha value is -2.13. The maximum absolute atomic E-state index is 11.4. The van der Waals surface area contributed by atoms with Crippen LogP contribution in [0.25, 0.3) is 0 Å². The Balaban J connectivity index is 1.75. The van der Waals surface area contributed by atoms with E-state index < -0.39 is 0 Å². The van der Waals surface area contributed by atoms with Gasteiger partial charge in [0.15, 0.2) is 0 Å². The molecular formula is C17H18N2O. The zero-order chi connectivity index (χ0) is 13.9. The lowest BCUT2D eigenvalue weighted by Crippen LogP contribution is -2.04. The summed E-state index contributed by atoms with van der Waals surface area (Å²) in [6.07, 6.45) is 1.41. The maximum Gasteiger partial charge on any atom is 0.228 e. The van der Waals surface area contributed by atoms with Crippen LogP contribution in [0.3, 0.4) is 0 Å². The average Bonchev–Trinajstić information content (AvgIpc) is 2.81. The summed E-state index contributed by atoms with van der Waals surface area (Å²) in [6, 6.07) is 14.9. The van der Waals surface area contributed by atoms with Crippen LogP contribution in [0.2, 0.25) is 0 Å². The van der Waals surface area contributed by atoms with Gasteiger partial charge in [-0.15, -0.1) is 0 Å². The molecule has 2 aromatic carbocycles. The topological polar surface area (TPSA) is 41.1 Å². The highest BCUT2D eigenvalue weighted by molar-refractivity contribution is 5.99. The van der Waals surface area contributed by atoms with E-state index in [1.807, 2.05) is 13.1 Å². The van der Waals surface area contributed by atoms with Gasteiger partial charge in [-0.3, -0.25) is 4.79 Å². The number of benzene rings is 2. The van der Waals surface area contributed by atoms with E-state index in [2.05, 4.69) is 47.0 Å². The van der Waals surface area contributed by atoms with Gasteiger partial charge in [-0.05, 0) is 41.8 Å². The molecule has 0 unspecified atom stereocenters. The molecule has 0 aromatic heterocycles. The molecule has 1 aliphatic rings. The number of rotatable bonds is 4. The first kappa shape index (κ1) is 12.9. The van der Waals surface area contributed by atoms with Crippen molar-refractivity contribution in [3.05, 3.63) is 64.7 Å². The number of nitrogens with one attached hydrogen (secondary N) is 2. The molecule has 0 aliphatic carbocycles. The summed E-state index contributed by atoms with van der Waals surface area (Å²) in [5.41, 5.74) is 5.91. The van der Waals surface area contributed by atoms with Crippen molar-refractivity contribution in [1.82, 2.24) is 5.32 Å². The van der Waals surface area contributed by atoms with Crippen molar-refractivity contribution < 1.29 is 4.79 Å². The summed E-state index contributed by atoms with van der Waals surface area (Å²) >= 11 is 0. The van der Waals surface area contributed by atoms with Crippen molar-refractivity contribution in [2.45, 2.75) is 19.4 Å². The lowest BCUT2D eigenvalue weighted by molar-refractivity contribution is -0.115. The molecule has 2 N–H and O–H groups in total. The smallest absolute Gasteiger partial charge is 0.228 e. The Labute approximate surface area is 119 Å². The van der Waals surface area contributed by atoms with Crippen LogP contribution >= 0.6 is 0 Å². The van der Waals surface area contributed by atoms with Gasteiger partial charge in [0, 0.05) is 12.2 Å². The number of carbonyl (C=O) groups excluding carboxylic acids is 1. The van der Waals surface area contributed by atoms with Gasteiger partial charge < -0.3 is 10.6 Å². The maximum atomic E-state index is 11.4. The third kappa shape index (κ3) is 2.73. The first-order valence-corrected chi connectivity index (χ1v) is 6.88. The molecule has 3 heteroatoms. The minimum atomic E-state index is 0.0913. The van der Waals surface area contributed by atoms with E-state index in [1.54, 1.807) is 0 Å². The van der Waals surface area contributed by atoms with Gasteiger partial charge in [0.25, 0.3) is 0 Å². The first-order chi connectivity index (χ1) is 9.74. The molecule has 0 fully saturated rings. The van der Waals surface area contributed by atoms with Crippen LogP contribution in [0.15, 0.2) is 42.5 Å². The van der Waals surface area contributed by atoms with Crippen molar-refractivity contribution in [3.63, 3.8) is 0 Å². The van der Waals surface area contributed by atoms with E-state index in [4.69, 9.17) is 0 Å². The van der Waals surface area contributed by atoms with Crippen LogP contribution in [0.5, 0.6) is 0 Å². The normalized spacial score (nSPS) is 13.2. The summed E-state index contributed by atoms with van der Waals surface area (Å²) in [7, 11) is 1.95. The van der Waals surface area contributed by atoms with Crippen LogP contribution in [0.4, 0.5) is 5.69 Å². The quantitative estimate of drug-likeness (QED) is 0.892. The molecule has 3 nitrogen and oxygen atoms in total. The molecule has 1 heterocycles. The summed E-state index contributed by atoms with van der Waals surface area (Å²) in [4.78, 5) is 11.4. The van der Waals surface area contributed by atoms with Gasteiger partial charge in [-0.2, -0.15) is 0 Å². The second-order valence-corrected chi connectivity index (χ2v) is 5.24. The highest BCUT2D eigenvalue weighted by atomic mass is 16.1. The minimum absolute atomic E-state index is 0.0913. The molecule has 2 aromatic rings. The molecule has 0 atom stereocenters. The Bertz CT molecular complexity index is 632. The Morgan fingerprint density at radius 3 is 2.50 bits per heavy atom. The van der Waals surface area contributed by atoms with Crippen molar-refractivity contribution >= 4 is 11.6 Å². The standard InChI is InChI=1S/C17H18N2O/c1-18-11-13-4-2-12(3-5-13)8-14-6-7-16-15(9-14)10-17(20)19-16/h2-7,9,18H,8,10-11H2,1H3,(H,19,20). The van der Waals surface area contributed by atoms with Gasteiger partial charge >= 0.3 is 0 Å². The van der Waals surface area contributed by atoms with Gasteiger partial charge in [-0.1, -0.05) is 36.4 Å². The highest BCUT2D eigenvalue weighted by Crippen LogP contribution is 2.25. The molecule has 1 aliphatic heterocycles. The minimum Gasteiger partial charge on any atom is -0.326 e. The van der Waals surface area contributed by atoms with Gasteiger partial charge in [-0.25, -0.2) is 0 Å². The fraction of sp³-hybridized carbons (Fsp3) is 0.235. The van der Waals surface area contributed by atoms with Crippen molar-refractivity contribution in [3.8, 4) is 0 Å². The van der Waals surface area contributed by atoms with E-state index in [0.29, 0.717) is 6.42 Å². The molecule has 0 saturated carbocycles. The van der Waals surface area contributed by atoms with Crippen LogP contribution in [0, 0.1) is 0 Å². The molecule has 0 bridgehead atoms. The molecule has 1 amide bonds. The lowest BCUT2D eigenvalue weighted by Gasteiger charge is -2.06. The lowest BCUT2D eigenvalue weighted by atomic mass is 10.0. The van der Waals surface area contributed by atoms with Gasteiger partial charge in [0.2, 0.25) is 5.91 Å². The van der Waals surface area contributed by atoms with Crippen LogP contribution < -0.4 is 10.6 Å². The predicted molar refractivity (Wildman–Crippen MR) is 80.8 cm³/mol. The molecular weight excluding hydrogens is 248 g/mol. The summed E-state index contributed by atoms with van der Waals surface area (Å²) in [5.74, 6) is 0.0913.